The molecular formula is C23H8N16O4+2. The number of aromatic amines is 4. The Labute approximate surface area is 231 Å². The molecule has 43 heavy (non-hydrogen) atoms. The fourth-order valence-electron chi connectivity index (χ4n) is 7.11. The number of aromatic nitrogens is 10. The zero-order chi connectivity index (χ0) is 28.3. The van der Waals surface area contributed by atoms with Gasteiger partial charge in [0.25, 0.3) is 23.3 Å². The highest BCUT2D eigenvalue weighted by Gasteiger charge is 2.71. The van der Waals surface area contributed by atoms with Crippen LogP contribution >= 0.6 is 0 Å². The number of carboxylic acids is 2. The zero-order valence-corrected chi connectivity index (χ0v) is 20.7. The van der Waals surface area contributed by atoms with E-state index in [0.29, 0.717) is 73.8 Å². The molecule has 0 unspecified atom stereocenters. The van der Waals surface area contributed by atoms with Gasteiger partial charge in [0.1, 0.15) is 11.0 Å². The Hall–Kier alpha value is -6.86. The molecule has 6 aromatic heterocycles. The average molecular weight is 572 g/mol. The van der Waals surface area contributed by atoms with Gasteiger partial charge in [-0.05, 0) is 0 Å². The predicted molar refractivity (Wildman–Crippen MR) is 136 cm³/mol. The molecule has 20 nitrogen and oxygen atoms in total. The maximum absolute atomic E-state index is 12.0. The van der Waals surface area contributed by atoms with E-state index in [0.717, 1.165) is 0 Å². The number of rotatable bonds is 2. The number of H-pyrrole nitrogens is 4. The summed E-state index contributed by atoms with van der Waals surface area (Å²) in [6, 6.07) is 0. The van der Waals surface area contributed by atoms with Gasteiger partial charge in [-0.3, -0.25) is 0 Å². The Bertz CT molecular complexity index is 2800. The second kappa shape index (κ2) is 5.65. The Morgan fingerprint density at radius 1 is 0.721 bits per heavy atom. The summed E-state index contributed by atoms with van der Waals surface area (Å²) < 4.78 is 7.53. The lowest BCUT2D eigenvalue weighted by molar-refractivity contribution is -0.790. The maximum Gasteiger partial charge on any atom is 0.405 e. The summed E-state index contributed by atoms with van der Waals surface area (Å²) in [6.45, 7) is 0. The van der Waals surface area contributed by atoms with Gasteiger partial charge in [0.15, 0.2) is 33.8 Å². The van der Waals surface area contributed by atoms with Crippen LogP contribution in [0.15, 0.2) is 32.6 Å². The summed E-state index contributed by atoms with van der Waals surface area (Å²) in [4.78, 5) is 74.1. The van der Waals surface area contributed by atoms with Crippen LogP contribution in [-0.4, -0.2) is 104 Å². The third-order valence-corrected chi connectivity index (χ3v) is 8.57. The van der Waals surface area contributed by atoms with Gasteiger partial charge in [0.05, 0.1) is 12.7 Å². The number of hydrogen-bond acceptors (Lipinski definition) is 10. The molecule has 1 atom stereocenters. The van der Waals surface area contributed by atoms with Crippen LogP contribution in [0.5, 0.6) is 0 Å². The SMILES string of the molecule is O=C(O)c1nc2c([nH]1)C1=Nc3c4nc(C(=O)O)[nH]c4c4n3[C@]35n6c(c7nc[nH]c7c6=NC2=[N+]13)=NC1=[N+]5C(=N4)c2nc[nH]c21. The lowest BCUT2D eigenvalue weighted by Gasteiger charge is -2.40. The molecule has 12 heterocycles. The van der Waals surface area contributed by atoms with Crippen molar-refractivity contribution >= 4 is 69.0 Å². The molecule has 12 rings (SSSR count). The summed E-state index contributed by atoms with van der Waals surface area (Å²) in [5.74, 6) is -2.22. The molecule has 0 aliphatic carbocycles. The van der Waals surface area contributed by atoms with Gasteiger partial charge in [-0.15, -0.1) is 9.15 Å². The van der Waals surface area contributed by atoms with E-state index in [-0.39, 0.29) is 28.7 Å². The molecule has 0 bridgehead atoms. The number of carbonyl (C=O) groups is 2. The fraction of sp³-hybridized carbons (Fsp3) is 0.0435. The van der Waals surface area contributed by atoms with E-state index in [9.17, 15) is 19.8 Å². The number of carboxylic acid groups (broad SMARTS) is 2. The van der Waals surface area contributed by atoms with Crippen molar-refractivity contribution in [1.29, 1.82) is 0 Å². The largest absolute Gasteiger partial charge is 0.475 e. The van der Waals surface area contributed by atoms with Crippen molar-refractivity contribution in [3.63, 3.8) is 0 Å². The normalized spacial score (nSPS) is 20.6. The molecule has 6 aromatic rings. The Balaban J connectivity index is 1.39. The van der Waals surface area contributed by atoms with Crippen molar-refractivity contribution in [2.75, 3.05) is 0 Å². The third kappa shape index (κ3) is 1.74. The molecule has 0 aromatic carbocycles. The predicted octanol–water partition coefficient (Wildman–Crippen LogP) is -2.00. The molecule has 6 aliphatic rings. The molecule has 202 valence electrons. The van der Waals surface area contributed by atoms with Crippen LogP contribution in [0.3, 0.4) is 0 Å². The van der Waals surface area contributed by atoms with E-state index >= 15 is 0 Å². The molecule has 0 fully saturated rings. The molecule has 6 aliphatic heterocycles. The first-order valence-corrected chi connectivity index (χ1v) is 12.8. The van der Waals surface area contributed by atoms with Crippen LogP contribution < -0.4 is 11.0 Å². The highest BCUT2D eigenvalue weighted by molar-refractivity contribution is 6.18. The standard InChI is InChI=1S/C23H6N16O4/c40-21(41)11-28-7-9(30-11)19-35-20-10-8(29-12(31-10)22(42)43)18-34-16-6-4(25-2-27-6)14-32-13-3-5(26-1-24-3)15-33-17(7)38(19)23(36(13)15,37(14)16)39(18)20/h1-2H,(H4,24,25,26,27,28,29,30,31,32,33,34,35,40,41,42,43)/p+2/t23-/m0/s1. The van der Waals surface area contributed by atoms with Crippen LogP contribution in [-0.2, 0) is 5.91 Å². The van der Waals surface area contributed by atoms with Gasteiger partial charge in [-0.25, -0.2) is 29.5 Å². The molecule has 0 radical (unpaired) electrons. The van der Waals surface area contributed by atoms with Crippen LogP contribution in [0.25, 0.3) is 22.1 Å². The fourth-order valence-corrected chi connectivity index (χ4v) is 7.11. The summed E-state index contributed by atoms with van der Waals surface area (Å²) in [6.07, 6.45) is 3.11. The zero-order valence-electron chi connectivity index (χ0n) is 20.7. The highest BCUT2D eigenvalue weighted by Crippen LogP contribution is 2.51. The summed E-state index contributed by atoms with van der Waals surface area (Å²) in [7, 11) is 0. The van der Waals surface area contributed by atoms with Crippen molar-refractivity contribution in [3.8, 4) is 0 Å². The van der Waals surface area contributed by atoms with Crippen molar-refractivity contribution in [1.82, 2.24) is 49.0 Å². The van der Waals surface area contributed by atoms with Gasteiger partial charge in [-0.1, -0.05) is 20.0 Å². The highest BCUT2D eigenvalue weighted by atomic mass is 16.4. The molecule has 0 saturated carbocycles. The first-order valence-electron chi connectivity index (χ1n) is 12.8. The van der Waals surface area contributed by atoms with E-state index in [1.54, 1.807) is 12.7 Å². The molecule has 1 spiro atoms. The van der Waals surface area contributed by atoms with Crippen molar-refractivity contribution in [3.05, 3.63) is 58.1 Å². The molecular weight excluding hydrogens is 564 g/mol. The quantitative estimate of drug-likeness (QED) is 0.126. The van der Waals surface area contributed by atoms with E-state index in [1.807, 2.05) is 18.3 Å². The summed E-state index contributed by atoms with van der Waals surface area (Å²) >= 11 is 0. The van der Waals surface area contributed by atoms with Gasteiger partial charge in [0.2, 0.25) is 34.3 Å². The van der Waals surface area contributed by atoms with Gasteiger partial charge in [0, 0.05) is 0 Å². The van der Waals surface area contributed by atoms with Gasteiger partial charge in [-0.2, -0.15) is 9.13 Å². The summed E-state index contributed by atoms with van der Waals surface area (Å²) in [5.41, 5.74) is 4.52. The van der Waals surface area contributed by atoms with E-state index < -0.39 is 17.8 Å². The van der Waals surface area contributed by atoms with Crippen molar-refractivity contribution in [2.24, 2.45) is 20.0 Å². The molecule has 0 amide bonds. The number of nitrogens with one attached hydrogen (secondary N) is 4. The third-order valence-electron chi connectivity index (χ3n) is 8.57. The second-order valence-electron chi connectivity index (χ2n) is 10.5. The van der Waals surface area contributed by atoms with Crippen LogP contribution in [0.4, 0.5) is 11.6 Å². The maximum atomic E-state index is 12.0. The second-order valence-corrected chi connectivity index (χ2v) is 10.5. The Morgan fingerprint density at radius 2 is 1.49 bits per heavy atom. The van der Waals surface area contributed by atoms with Crippen molar-refractivity contribution < 1.29 is 29.0 Å². The monoisotopic (exact) mass is 572 g/mol. The number of imidazole rings is 4. The van der Waals surface area contributed by atoms with E-state index in [4.69, 9.17) is 20.0 Å². The number of aromatic carboxylic acids is 2. The summed E-state index contributed by atoms with van der Waals surface area (Å²) in [5, 5.41) is 19.6. The lowest BCUT2D eigenvalue weighted by atomic mass is 10.3. The Kier molecular flexibility index (Phi) is 2.64. The minimum atomic E-state index is -1.41. The number of aliphatic imine (C=N–C) groups is 2. The topological polar surface area (TPSA) is 255 Å². The first kappa shape index (κ1) is 20.1. The van der Waals surface area contributed by atoms with E-state index in [2.05, 4.69) is 39.9 Å². The first-order chi connectivity index (χ1) is 21.0. The minimum Gasteiger partial charge on any atom is -0.475 e. The number of hydrogen-bond donors (Lipinski definition) is 6. The lowest BCUT2D eigenvalue weighted by Crippen LogP contribution is -2.71. The van der Waals surface area contributed by atoms with E-state index in [1.165, 1.54) is 0 Å². The number of amidine groups is 4. The molecule has 20 heteroatoms. The van der Waals surface area contributed by atoms with Gasteiger partial charge < -0.3 is 30.1 Å². The van der Waals surface area contributed by atoms with Crippen LogP contribution in [0, 0.1) is 0 Å². The minimum absolute atomic E-state index is 0.264. The smallest absolute Gasteiger partial charge is 0.405 e. The van der Waals surface area contributed by atoms with Crippen molar-refractivity contribution in [2.45, 2.75) is 5.91 Å². The Morgan fingerprint density at radius 3 is 2.35 bits per heavy atom. The van der Waals surface area contributed by atoms with Gasteiger partial charge >= 0.3 is 17.8 Å². The number of nitrogens with zero attached hydrogens (tertiary/aromatic N) is 12. The van der Waals surface area contributed by atoms with Crippen LogP contribution in [0.1, 0.15) is 44.0 Å². The van der Waals surface area contributed by atoms with Crippen LogP contribution in [0.2, 0.25) is 0 Å². The average Bonchev–Trinajstić information content (AvgIpc) is 3.83. The molecule has 6 N–H and O–H groups in total. The molecule has 0 saturated heterocycles. The number of fused-ring (bicyclic) bond motifs is 12.